The van der Waals surface area contributed by atoms with Gasteiger partial charge in [-0.2, -0.15) is 0 Å². The van der Waals surface area contributed by atoms with Crippen LogP contribution in [0.1, 0.15) is 0 Å². The van der Waals surface area contributed by atoms with Gasteiger partial charge in [0.05, 0.1) is 12.9 Å². The van der Waals surface area contributed by atoms with Gasteiger partial charge in [-0.25, -0.2) is 15.0 Å². The quantitative estimate of drug-likeness (QED) is 0.546. The van der Waals surface area contributed by atoms with E-state index in [2.05, 4.69) is 15.0 Å². The van der Waals surface area contributed by atoms with Crippen LogP contribution in [-0.2, 0) is 16.1 Å². The molecule has 0 aromatic carbocycles. The molecular weight excluding hydrogens is 210 g/mol. The molecule has 7 nitrogen and oxygen atoms in total. The Bertz CT molecular complexity index is 496. The summed E-state index contributed by atoms with van der Waals surface area (Å²) in [6, 6.07) is 0. The summed E-state index contributed by atoms with van der Waals surface area (Å²) >= 11 is 0. The number of fused-ring (bicyclic) bond motifs is 1. The number of nitrogens with zero attached hydrogens (tertiary/aromatic N) is 4. The first-order valence-corrected chi connectivity index (χ1v) is 4.75. The molecule has 0 spiro atoms. The summed E-state index contributed by atoms with van der Waals surface area (Å²) in [4.78, 5) is 22.1. The highest BCUT2D eigenvalue weighted by Crippen LogP contribution is 2.13. The number of nitrogen functional groups attached to an aromatic ring is 1. The Morgan fingerprint density at radius 1 is 1.44 bits per heavy atom. The molecule has 0 aliphatic rings. The molecule has 2 rings (SSSR count). The van der Waals surface area contributed by atoms with E-state index in [1.807, 2.05) is 0 Å². The van der Waals surface area contributed by atoms with Gasteiger partial charge in [0.2, 0.25) is 0 Å². The van der Waals surface area contributed by atoms with E-state index in [9.17, 15) is 4.79 Å². The molecule has 0 amide bonds. The van der Waals surface area contributed by atoms with Gasteiger partial charge in [0.25, 0.3) is 0 Å². The van der Waals surface area contributed by atoms with Gasteiger partial charge in [0.1, 0.15) is 24.7 Å². The topological polar surface area (TPSA) is 95.9 Å². The normalized spacial score (nSPS) is 10.8. The van der Waals surface area contributed by atoms with Crippen molar-refractivity contribution in [3.63, 3.8) is 0 Å². The predicted molar refractivity (Wildman–Crippen MR) is 56.6 cm³/mol. The van der Waals surface area contributed by atoms with Crippen LogP contribution in [0, 0.1) is 0 Å². The molecule has 2 heterocycles. The third-order valence-electron chi connectivity index (χ3n) is 2.09. The molecule has 0 aliphatic heterocycles. The fourth-order valence-electron chi connectivity index (χ4n) is 1.36. The highest BCUT2D eigenvalue weighted by molar-refractivity contribution is 5.80. The van der Waals surface area contributed by atoms with Crippen LogP contribution in [0.3, 0.4) is 0 Å². The lowest BCUT2D eigenvalue weighted by Gasteiger charge is -2.02. The number of rotatable bonds is 5. The zero-order valence-corrected chi connectivity index (χ0v) is 8.54. The second kappa shape index (κ2) is 4.67. The lowest BCUT2D eigenvalue weighted by molar-refractivity contribution is -0.111. The third kappa shape index (κ3) is 1.98. The molecule has 0 atom stereocenters. The van der Waals surface area contributed by atoms with Crippen molar-refractivity contribution < 1.29 is 9.53 Å². The molecule has 84 valence electrons. The molecule has 2 aromatic heterocycles. The SMILES string of the molecule is Nc1ncnc2c1ncn2CCOCC=O. The molecule has 0 saturated carbocycles. The van der Waals surface area contributed by atoms with E-state index in [1.165, 1.54) is 6.33 Å². The number of carbonyl (C=O) groups is 1. The van der Waals surface area contributed by atoms with Crippen LogP contribution in [-0.4, -0.2) is 39.0 Å². The van der Waals surface area contributed by atoms with E-state index in [0.717, 1.165) is 0 Å². The van der Waals surface area contributed by atoms with Crippen LogP contribution >= 0.6 is 0 Å². The average molecular weight is 221 g/mol. The second-order valence-electron chi connectivity index (χ2n) is 3.11. The van der Waals surface area contributed by atoms with Crippen molar-refractivity contribution in [3.8, 4) is 0 Å². The minimum absolute atomic E-state index is 0.101. The smallest absolute Gasteiger partial charge is 0.165 e. The maximum atomic E-state index is 10.0. The zero-order chi connectivity index (χ0) is 11.4. The van der Waals surface area contributed by atoms with Crippen molar-refractivity contribution in [1.82, 2.24) is 19.5 Å². The van der Waals surface area contributed by atoms with Crippen molar-refractivity contribution in [2.45, 2.75) is 6.54 Å². The summed E-state index contributed by atoms with van der Waals surface area (Å²) in [6.07, 6.45) is 3.73. The molecule has 0 bridgehead atoms. The lowest BCUT2D eigenvalue weighted by Crippen LogP contribution is -2.07. The van der Waals surface area contributed by atoms with Crippen LogP contribution in [0.4, 0.5) is 5.82 Å². The van der Waals surface area contributed by atoms with Crippen LogP contribution in [0.2, 0.25) is 0 Å². The Morgan fingerprint density at radius 2 is 2.31 bits per heavy atom. The van der Waals surface area contributed by atoms with Gasteiger partial charge in [0.15, 0.2) is 11.5 Å². The van der Waals surface area contributed by atoms with Gasteiger partial charge in [-0.05, 0) is 0 Å². The third-order valence-corrected chi connectivity index (χ3v) is 2.09. The molecule has 2 aromatic rings. The Hall–Kier alpha value is -2.02. The van der Waals surface area contributed by atoms with Gasteiger partial charge < -0.3 is 19.8 Å². The number of nitrogens with two attached hydrogens (primary N) is 1. The summed E-state index contributed by atoms with van der Waals surface area (Å²) < 4.78 is 6.85. The highest BCUT2D eigenvalue weighted by Gasteiger charge is 2.06. The van der Waals surface area contributed by atoms with E-state index in [-0.39, 0.29) is 6.61 Å². The zero-order valence-electron chi connectivity index (χ0n) is 8.54. The van der Waals surface area contributed by atoms with E-state index < -0.39 is 0 Å². The van der Waals surface area contributed by atoms with Crippen LogP contribution in [0.5, 0.6) is 0 Å². The van der Waals surface area contributed by atoms with E-state index in [4.69, 9.17) is 10.5 Å². The fourth-order valence-corrected chi connectivity index (χ4v) is 1.36. The number of aldehydes is 1. The van der Waals surface area contributed by atoms with E-state index >= 15 is 0 Å². The number of imidazole rings is 1. The maximum Gasteiger partial charge on any atom is 0.165 e. The Labute approximate surface area is 91.3 Å². The first kappa shape index (κ1) is 10.5. The van der Waals surface area contributed by atoms with Gasteiger partial charge in [0, 0.05) is 6.54 Å². The van der Waals surface area contributed by atoms with Crippen molar-refractivity contribution in [1.29, 1.82) is 0 Å². The molecule has 0 aliphatic carbocycles. The first-order chi connectivity index (χ1) is 7.83. The standard InChI is InChI=1S/C9H11N5O2/c10-8-7-9(12-5-11-8)14(6-13-7)1-3-16-4-2-15/h2,5-6H,1,3-4H2,(H2,10,11,12). The van der Waals surface area contributed by atoms with E-state index in [0.29, 0.717) is 36.4 Å². The molecule has 0 saturated heterocycles. The van der Waals surface area contributed by atoms with Gasteiger partial charge in [-0.1, -0.05) is 0 Å². The molecule has 16 heavy (non-hydrogen) atoms. The molecule has 0 radical (unpaired) electrons. The average Bonchev–Trinajstić information content (AvgIpc) is 2.70. The van der Waals surface area contributed by atoms with Gasteiger partial charge in [-0.15, -0.1) is 0 Å². The minimum atomic E-state index is 0.101. The van der Waals surface area contributed by atoms with Crippen molar-refractivity contribution in [2.75, 3.05) is 18.9 Å². The highest BCUT2D eigenvalue weighted by atomic mass is 16.5. The molecule has 2 N–H and O–H groups in total. The second-order valence-corrected chi connectivity index (χ2v) is 3.11. The number of hydrogen-bond acceptors (Lipinski definition) is 6. The largest absolute Gasteiger partial charge is 0.382 e. The van der Waals surface area contributed by atoms with Crippen molar-refractivity contribution in [2.24, 2.45) is 0 Å². The number of aromatic nitrogens is 4. The molecular formula is C9H11N5O2. The van der Waals surface area contributed by atoms with Crippen LogP contribution in [0.25, 0.3) is 11.2 Å². The summed E-state index contributed by atoms with van der Waals surface area (Å²) in [5, 5.41) is 0. The lowest BCUT2D eigenvalue weighted by atomic mass is 10.5. The fraction of sp³-hybridized carbons (Fsp3) is 0.333. The van der Waals surface area contributed by atoms with Gasteiger partial charge >= 0.3 is 0 Å². The monoisotopic (exact) mass is 221 g/mol. The number of carbonyl (C=O) groups excluding carboxylic acids is 1. The number of anilines is 1. The summed E-state index contributed by atoms with van der Waals surface area (Å²) in [5.74, 6) is 0.359. The Morgan fingerprint density at radius 3 is 3.12 bits per heavy atom. The molecule has 0 fully saturated rings. The van der Waals surface area contributed by atoms with E-state index in [1.54, 1.807) is 10.9 Å². The number of hydrogen-bond donors (Lipinski definition) is 1. The summed E-state index contributed by atoms with van der Waals surface area (Å²) in [6.45, 7) is 1.10. The minimum Gasteiger partial charge on any atom is -0.382 e. The number of ether oxygens (including phenoxy) is 1. The molecule has 0 unspecified atom stereocenters. The summed E-state index contributed by atoms with van der Waals surface area (Å²) in [5.41, 5.74) is 6.89. The van der Waals surface area contributed by atoms with Gasteiger partial charge in [-0.3, -0.25) is 0 Å². The van der Waals surface area contributed by atoms with Crippen molar-refractivity contribution >= 4 is 23.3 Å². The van der Waals surface area contributed by atoms with Crippen molar-refractivity contribution in [3.05, 3.63) is 12.7 Å². The van der Waals surface area contributed by atoms with Crippen LogP contribution in [0.15, 0.2) is 12.7 Å². The predicted octanol–water partition coefficient (Wildman–Crippen LogP) is -0.376. The molecule has 7 heteroatoms. The summed E-state index contributed by atoms with van der Waals surface area (Å²) in [7, 11) is 0. The Balaban J connectivity index is 2.13. The maximum absolute atomic E-state index is 10.0. The Kier molecular flexibility index (Phi) is 3.06. The van der Waals surface area contributed by atoms with Crippen LogP contribution < -0.4 is 5.73 Å². The first-order valence-electron chi connectivity index (χ1n) is 4.75.